The fourth-order valence-electron chi connectivity index (χ4n) is 2.74. The highest BCUT2D eigenvalue weighted by molar-refractivity contribution is 5.53. The first kappa shape index (κ1) is 10.1. The molecule has 16 heavy (non-hydrogen) atoms. The number of benzene rings is 1. The third-order valence-electron chi connectivity index (χ3n) is 3.74. The first-order valence-electron chi connectivity index (χ1n) is 6.19. The summed E-state index contributed by atoms with van der Waals surface area (Å²) >= 11 is 0. The predicted molar refractivity (Wildman–Crippen MR) is 66.8 cm³/mol. The molecule has 1 saturated heterocycles. The maximum absolute atomic E-state index is 6.11. The van der Waals surface area contributed by atoms with Crippen LogP contribution in [0.3, 0.4) is 0 Å². The monoisotopic (exact) mass is 217 g/mol. The number of aryl methyl sites for hydroxylation is 1. The van der Waals surface area contributed by atoms with Gasteiger partial charge in [0.2, 0.25) is 0 Å². The van der Waals surface area contributed by atoms with Crippen molar-refractivity contribution in [3.63, 3.8) is 0 Å². The summed E-state index contributed by atoms with van der Waals surface area (Å²) in [7, 11) is 0. The summed E-state index contributed by atoms with van der Waals surface area (Å²) in [6, 6.07) is 7.08. The zero-order valence-electron chi connectivity index (χ0n) is 9.58. The minimum atomic E-state index is 0.262. The van der Waals surface area contributed by atoms with E-state index in [0.717, 1.165) is 39.0 Å². The molecule has 0 radical (unpaired) electrons. The Labute approximate surface area is 96.6 Å². The Hall–Kier alpha value is -1.06. The van der Waals surface area contributed by atoms with Crippen LogP contribution in [-0.2, 0) is 6.42 Å². The third kappa shape index (κ3) is 1.70. The lowest BCUT2D eigenvalue weighted by atomic mass is 10.1. The summed E-state index contributed by atoms with van der Waals surface area (Å²) in [5.41, 5.74) is 10.3. The van der Waals surface area contributed by atoms with Crippen molar-refractivity contribution in [2.75, 3.05) is 31.1 Å². The molecule has 0 saturated carbocycles. The van der Waals surface area contributed by atoms with Crippen molar-refractivity contribution in [1.82, 2.24) is 5.32 Å². The number of fused-ring (bicyclic) bond motifs is 1. The zero-order chi connectivity index (χ0) is 11.0. The Morgan fingerprint density at radius 1 is 1.25 bits per heavy atom. The highest BCUT2D eigenvalue weighted by Gasteiger charge is 2.20. The van der Waals surface area contributed by atoms with E-state index in [1.54, 1.807) is 0 Å². The van der Waals surface area contributed by atoms with E-state index in [0.29, 0.717) is 0 Å². The molecule has 86 valence electrons. The van der Waals surface area contributed by atoms with Crippen LogP contribution in [0.15, 0.2) is 18.2 Å². The second kappa shape index (κ2) is 4.07. The molecule has 3 rings (SSSR count). The summed E-state index contributed by atoms with van der Waals surface area (Å²) in [6.45, 7) is 4.38. The number of nitrogens with one attached hydrogen (secondary N) is 1. The van der Waals surface area contributed by atoms with Crippen molar-refractivity contribution < 1.29 is 0 Å². The standard InChI is InChI=1S/C13H19N3/c14-13-4-2-10-1-3-11(9-12(10)13)16-7-5-15-6-8-16/h1,3,9,13,15H,2,4-8,14H2. The fraction of sp³-hybridized carbons (Fsp3) is 0.538. The lowest BCUT2D eigenvalue weighted by Gasteiger charge is -2.30. The number of piperazine rings is 1. The highest BCUT2D eigenvalue weighted by Crippen LogP contribution is 2.32. The fourth-order valence-corrected chi connectivity index (χ4v) is 2.74. The van der Waals surface area contributed by atoms with Crippen LogP contribution >= 0.6 is 0 Å². The molecule has 2 aliphatic rings. The van der Waals surface area contributed by atoms with Gasteiger partial charge in [-0.1, -0.05) is 6.07 Å². The van der Waals surface area contributed by atoms with Crippen LogP contribution in [0.5, 0.6) is 0 Å². The van der Waals surface area contributed by atoms with Crippen molar-refractivity contribution in [2.45, 2.75) is 18.9 Å². The Bertz CT molecular complexity index is 383. The molecular formula is C13H19N3. The van der Waals surface area contributed by atoms with E-state index in [2.05, 4.69) is 28.4 Å². The molecule has 1 aromatic rings. The summed E-state index contributed by atoms with van der Waals surface area (Å²) in [5, 5.41) is 3.38. The molecule has 3 nitrogen and oxygen atoms in total. The van der Waals surface area contributed by atoms with E-state index in [-0.39, 0.29) is 6.04 Å². The van der Waals surface area contributed by atoms with Crippen LogP contribution in [0.2, 0.25) is 0 Å². The Morgan fingerprint density at radius 3 is 2.88 bits per heavy atom. The molecule has 0 bridgehead atoms. The van der Waals surface area contributed by atoms with Gasteiger partial charge in [-0.15, -0.1) is 0 Å². The van der Waals surface area contributed by atoms with Crippen molar-refractivity contribution >= 4 is 5.69 Å². The molecule has 3 N–H and O–H groups in total. The molecule has 1 fully saturated rings. The van der Waals surface area contributed by atoms with Crippen molar-refractivity contribution in [3.8, 4) is 0 Å². The van der Waals surface area contributed by atoms with E-state index in [1.165, 1.54) is 16.8 Å². The number of nitrogens with two attached hydrogens (primary N) is 1. The maximum atomic E-state index is 6.11. The predicted octanol–water partition coefficient (Wildman–Crippen LogP) is 1.04. The minimum absolute atomic E-state index is 0.262. The van der Waals surface area contributed by atoms with Crippen LogP contribution in [0.4, 0.5) is 5.69 Å². The number of nitrogens with zero attached hydrogens (tertiary/aromatic N) is 1. The average molecular weight is 217 g/mol. The number of hydrogen-bond acceptors (Lipinski definition) is 3. The van der Waals surface area contributed by atoms with Gasteiger partial charge >= 0.3 is 0 Å². The Kier molecular flexibility index (Phi) is 2.58. The Morgan fingerprint density at radius 2 is 2.06 bits per heavy atom. The van der Waals surface area contributed by atoms with Gasteiger partial charge in [0.15, 0.2) is 0 Å². The van der Waals surface area contributed by atoms with Gasteiger partial charge in [-0.05, 0) is 36.1 Å². The quantitative estimate of drug-likeness (QED) is 0.738. The van der Waals surface area contributed by atoms with E-state index >= 15 is 0 Å². The van der Waals surface area contributed by atoms with Crippen molar-refractivity contribution in [2.24, 2.45) is 5.73 Å². The van der Waals surface area contributed by atoms with Gasteiger partial charge in [-0.2, -0.15) is 0 Å². The summed E-state index contributed by atoms with van der Waals surface area (Å²) in [5.74, 6) is 0. The molecule has 0 amide bonds. The smallest absolute Gasteiger partial charge is 0.0370 e. The highest BCUT2D eigenvalue weighted by atomic mass is 15.2. The number of anilines is 1. The van der Waals surface area contributed by atoms with E-state index in [9.17, 15) is 0 Å². The van der Waals surface area contributed by atoms with E-state index in [4.69, 9.17) is 5.73 Å². The van der Waals surface area contributed by atoms with Crippen molar-refractivity contribution in [1.29, 1.82) is 0 Å². The molecule has 1 aromatic carbocycles. The van der Waals surface area contributed by atoms with Gasteiger partial charge < -0.3 is 16.0 Å². The Balaban J connectivity index is 1.88. The van der Waals surface area contributed by atoms with Crippen LogP contribution in [0.25, 0.3) is 0 Å². The molecular weight excluding hydrogens is 198 g/mol. The summed E-state index contributed by atoms with van der Waals surface area (Å²) in [4.78, 5) is 2.45. The normalized spacial score (nSPS) is 24.6. The van der Waals surface area contributed by atoms with E-state index < -0.39 is 0 Å². The van der Waals surface area contributed by atoms with Gasteiger partial charge in [0.1, 0.15) is 0 Å². The summed E-state index contributed by atoms with van der Waals surface area (Å²) < 4.78 is 0. The molecule has 0 spiro atoms. The molecule has 1 unspecified atom stereocenters. The molecule has 3 heteroatoms. The molecule has 1 heterocycles. The van der Waals surface area contributed by atoms with Gasteiger partial charge in [-0.25, -0.2) is 0 Å². The number of hydrogen-bond donors (Lipinski definition) is 2. The second-order valence-corrected chi connectivity index (χ2v) is 4.77. The van der Waals surface area contributed by atoms with Gasteiger partial charge in [0.05, 0.1) is 0 Å². The first-order valence-corrected chi connectivity index (χ1v) is 6.19. The largest absolute Gasteiger partial charge is 0.369 e. The third-order valence-corrected chi connectivity index (χ3v) is 3.74. The molecule has 1 aliphatic heterocycles. The second-order valence-electron chi connectivity index (χ2n) is 4.77. The average Bonchev–Trinajstić information content (AvgIpc) is 2.72. The summed E-state index contributed by atoms with van der Waals surface area (Å²) in [6.07, 6.45) is 2.26. The van der Waals surface area contributed by atoms with Crippen LogP contribution in [0.1, 0.15) is 23.6 Å². The van der Waals surface area contributed by atoms with Crippen LogP contribution in [0, 0.1) is 0 Å². The first-order chi connectivity index (χ1) is 7.84. The van der Waals surface area contributed by atoms with Gasteiger partial charge in [-0.3, -0.25) is 0 Å². The van der Waals surface area contributed by atoms with Crippen LogP contribution in [-0.4, -0.2) is 26.2 Å². The lowest BCUT2D eigenvalue weighted by Crippen LogP contribution is -2.43. The topological polar surface area (TPSA) is 41.3 Å². The number of rotatable bonds is 1. The molecule has 1 atom stereocenters. The minimum Gasteiger partial charge on any atom is -0.369 e. The lowest BCUT2D eigenvalue weighted by molar-refractivity contribution is 0.589. The van der Waals surface area contributed by atoms with Gasteiger partial charge in [0.25, 0.3) is 0 Å². The van der Waals surface area contributed by atoms with E-state index in [1.807, 2.05) is 0 Å². The molecule has 0 aromatic heterocycles. The molecule has 1 aliphatic carbocycles. The zero-order valence-corrected chi connectivity index (χ0v) is 9.58. The SMILES string of the molecule is NC1CCc2ccc(N3CCNCC3)cc21. The van der Waals surface area contributed by atoms with Gasteiger partial charge in [0, 0.05) is 37.9 Å². The van der Waals surface area contributed by atoms with Crippen LogP contribution < -0.4 is 16.0 Å². The van der Waals surface area contributed by atoms with Crippen molar-refractivity contribution in [3.05, 3.63) is 29.3 Å². The maximum Gasteiger partial charge on any atom is 0.0370 e.